The van der Waals surface area contributed by atoms with Crippen molar-refractivity contribution >= 4 is 34.9 Å². The number of aryl methyl sites for hydroxylation is 1. The molecule has 1 aromatic heterocycles. The number of hydrogen-bond acceptors (Lipinski definition) is 4. The number of nitriles is 1. The molecule has 0 saturated heterocycles. The van der Waals surface area contributed by atoms with Gasteiger partial charge in [0.15, 0.2) is 5.82 Å². The fourth-order valence-electron chi connectivity index (χ4n) is 2.37. The summed E-state index contributed by atoms with van der Waals surface area (Å²) in [7, 11) is 1.87. The number of nitrogens with one attached hydrogen (secondary N) is 3. The number of H-pyrrole nitrogens is 1. The number of hydrogen-bond donors (Lipinski definition) is 3. The zero-order chi connectivity index (χ0) is 18.4. The van der Waals surface area contributed by atoms with Gasteiger partial charge >= 0.3 is 0 Å². The lowest BCUT2D eigenvalue weighted by molar-refractivity contribution is -0.117. The van der Waals surface area contributed by atoms with E-state index >= 15 is 0 Å². The molecule has 6 nitrogen and oxygen atoms in total. The molecule has 0 saturated carbocycles. The zero-order valence-electron chi connectivity index (χ0n) is 14.0. The van der Waals surface area contributed by atoms with Crippen LogP contribution in [-0.4, -0.2) is 29.7 Å². The number of carbonyl (C=O) groups excluding carboxylic acids is 1. The molecule has 1 heterocycles. The first-order valence-electron chi connectivity index (χ1n) is 7.85. The number of aromatic amines is 1. The van der Waals surface area contributed by atoms with Crippen molar-refractivity contribution in [3.63, 3.8) is 0 Å². The average Bonchev–Trinajstić information content (AvgIpc) is 2.98. The number of nitrogens with zero attached hydrogens (tertiary/aromatic N) is 2. The summed E-state index contributed by atoms with van der Waals surface area (Å²) in [5.74, 6) is -0.493. The number of halogens is 2. The molecule has 0 aliphatic carbocycles. The van der Waals surface area contributed by atoms with Crippen LogP contribution in [0.5, 0.6) is 0 Å². The molecule has 8 heteroatoms. The van der Waals surface area contributed by atoms with Crippen molar-refractivity contribution in [1.82, 2.24) is 15.5 Å². The first-order valence-corrected chi connectivity index (χ1v) is 8.61. The van der Waals surface area contributed by atoms with E-state index in [0.717, 1.165) is 24.2 Å². The van der Waals surface area contributed by atoms with Gasteiger partial charge in [-0.05, 0) is 51.1 Å². The molecule has 1 atom stereocenters. The van der Waals surface area contributed by atoms with Gasteiger partial charge in [-0.15, -0.1) is 0 Å². The van der Waals surface area contributed by atoms with E-state index in [1.165, 1.54) is 0 Å². The van der Waals surface area contributed by atoms with E-state index in [0.29, 0.717) is 22.0 Å². The largest absolute Gasteiger partial charge is 0.320 e. The SMILES string of the molecule is CNCCCc1[nH]nc(NC(=O)[C@H](C)c2ccc(Cl)c(Cl)c2)c1C#N. The van der Waals surface area contributed by atoms with Crippen molar-refractivity contribution in [3.05, 3.63) is 45.1 Å². The Morgan fingerprint density at radius 2 is 2.16 bits per heavy atom. The fourth-order valence-corrected chi connectivity index (χ4v) is 2.68. The Balaban J connectivity index is 2.11. The van der Waals surface area contributed by atoms with Gasteiger partial charge in [-0.25, -0.2) is 0 Å². The molecule has 0 unspecified atom stereocenters. The van der Waals surface area contributed by atoms with Crippen LogP contribution in [0.4, 0.5) is 5.82 Å². The molecule has 2 aromatic rings. The maximum absolute atomic E-state index is 12.5. The first-order chi connectivity index (χ1) is 12.0. The second-order valence-corrected chi connectivity index (χ2v) is 6.44. The molecule has 0 aliphatic heterocycles. The van der Waals surface area contributed by atoms with Crippen LogP contribution < -0.4 is 10.6 Å². The number of amides is 1. The standard InChI is InChI=1S/C17H19Cl2N5O/c1-10(11-5-6-13(18)14(19)8-11)17(25)22-16-12(9-20)15(23-24-16)4-3-7-21-2/h5-6,8,10,21H,3-4,7H2,1-2H3,(H2,22,23,24,25)/t10-/m1/s1. The van der Waals surface area contributed by atoms with Gasteiger partial charge in [-0.2, -0.15) is 10.4 Å². The second kappa shape index (κ2) is 8.86. The van der Waals surface area contributed by atoms with Crippen molar-refractivity contribution in [3.8, 4) is 6.07 Å². The van der Waals surface area contributed by atoms with Gasteiger partial charge in [0, 0.05) is 0 Å². The summed E-state index contributed by atoms with van der Waals surface area (Å²) in [5, 5.41) is 22.9. The topological polar surface area (TPSA) is 93.6 Å². The predicted molar refractivity (Wildman–Crippen MR) is 99.1 cm³/mol. The highest BCUT2D eigenvalue weighted by Gasteiger charge is 2.20. The van der Waals surface area contributed by atoms with Crippen molar-refractivity contribution < 1.29 is 4.79 Å². The van der Waals surface area contributed by atoms with Gasteiger partial charge in [0.1, 0.15) is 11.6 Å². The quantitative estimate of drug-likeness (QED) is 0.641. The summed E-state index contributed by atoms with van der Waals surface area (Å²) in [6.45, 7) is 2.58. The highest BCUT2D eigenvalue weighted by atomic mass is 35.5. The number of rotatable bonds is 7. The number of carbonyl (C=O) groups is 1. The van der Waals surface area contributed by atoms with Gasteiger partial charge in [0.2, 0.25) is 5.91 Å². The number of aromatic nitrogens is 2. The highest BCUT2D eigenvalue weighted by molar-refractivity contribution is 6.42. The summed E-state index contributed by atoms with van der Waals surface area (Å²) >= 11 is 11.9. The minimum absolute atomic E-state index is 0.249. The van der Waals surface area contributed by atoms with Crippen molar-refractivity contribution in [2.75, 3.05) is 18.9 Å². The minimum Gasteiger partial charge on any atom is -0.320 e. The lowest BCUT2D eigenvalue weighted by Gasteiger charge is -2.12. The summed E-state index contributed by atoms with van der Waals surface area (Å²) in [4.78, 5) is 12.5. The third kappa shape index (κ3) is 4.73. The van der Waals surface area contributed by atoms with Crippen LogP contribution in [0.15, 0.2) is 18.2 Å². The van der Waals surface area contributed by atoms with E-state index in [9.17, 15) is 10.1 Å². The van der Waals surface area contributed by atoms with Crippen LogP contribution >= 0.6 is 23.2 Å². The van der Waals surface area contributed by atoms with Crippen LogP contribution in [0.3, 0.4) is 0 Å². The van der Waals surface area contributed by atoms with E-state index in [1.807, 2.05) is 7.05 Å². The lowest BCUT2D eigenvalue weighted by Crippen LogP contribution is -2.19. The molecular formula is C17H19Cl2N5O. The third-order valence-electron chi connectivity index (χ3n) is 3.89. The van der Waals surface area contributed by atoms with E-state index in [-0.39, 0.29) is 11.7 Å². The van der Waals surface area contributed by atoms with Gasteiger partial charge in [-0.3, -0.25) is 9.89 Å². The Morgan fingerprint density at radius 3 is 2.80 bits per heavy atom. The zero-order valence-corrected chi connectivity index (χ0v) is 15.5. The highest BCUT2D eigenvalue weighted by Crippen LogP contribution is 2.27. The van der Waals surface area contributed by atoms with Gasteiger partial charge < -0.3 is 10.6 Å². The molecule has 0 spiro atoms. The second-order valence-electron chi connectivity index (χ2n) is 5.63. The molecular weight excluding hydrogens is 361 g/mol. The van der Waals surface area contributed by atoms with Crippen molar-refractivity contribution in [1.29, 1.82) is 5.26 Å². The molecule has 2 rings (SSSR count). The normalized spacial score (nSPS) is 11.8. The van der Waals surface area contributed by atoms with E-state index in [1.54, 1.807) is 25.1 Å². The molecule has 1 amide bonds. The van der Waals surface area contributed by atoms with E-state index in [4.69, 9.17) is 23.2 Å². The minimum atomic E-state index is -0.467. The maximum Gasteiger partial charge on any atom is 0.232 e. The third-order valence-corrected chi connectivity index (χ3v) is 4.62. The van der Waals surface area contributed by atoms with Crippen molar-refractivity contribution in [2.45, 2.75) is 25.7 Å². The summed E-state index contributed by atoms with van der Waals surface area (Å²) < 4.78 is 0. The molecule has 25 heavy (non-hydrogen) atoms. The lowest BCUT2D eigenvalue weighted by atomic mass is 10.0. The van der Waals surface area contributed by atoms with Crippen LogP contribution in [0.1, 0.15) is 36.1 Å². The Bertz CT molecular complexity index is 797. The number of benzene rings is 1. The number of anilines is 1. The van der Waals surface area contributed by atoms with E-state index in [2.05, 4.69) is 26.9 Å². The summed E-state index contributed by atoms with van der Waals surface area (Å²) in [5.41, 5.74) is 1.82. The Labute approximate surface area is 156 Å². The van der Waals surface area contributed by atoms with Crippen LogP contribution in [-0.2, 0) is 11.2 Å². The molecule has 132 valence electrons. The smallest absolute Gasteiger partial charge is 0.232 e. The molecule has 3 N–H and O–H groups in total. The van der Waals surface area contributed by atoms with Gasteiger partial charge in [0.25, 0.3) is 0 Å². The molecule has 0 radical (unpaired) electrons. The Morgan fingerprint density at radius 1 is 1.40 bits per heavy atom. The summed E-state index contributed by atoms with van der Waals surface area (Å²) in [6, 6.07) is 7.16. The van der Waals surface area contributed by atoms with Gasteiger partial charge in [-0.1, -0.05) is 29.3 Å². The molecule has 0 aliphatic rings. The Hall–Kier alpha value is -2.07. The average molecular weight is 380 g/mol. The van der Waals surface area contributed by atoms with Crippen LogP contribution in [0, 0.1) is 11.3 Å². The van der Waals surface area contributed by atoms with E-state index < -0.39 is 5.92 Å². The maximum atomic E-state index is 12.5. The van der Waals surface area contributed by atoms with Gasteiger partial charge in [0.05, 0.1) is 21.7 Å². The van der Waals surface area contributed by atoms with Crippen LogP contribution in [0.2, 0.25) is 10.0 Å². The monoisotopic (exact) mass is 379 g/mol. The molecule has 1 aromatic carbocycles. The fraction of sp³-hybridized carbons (Fsp3) is 0.353. The Kier molecular flexibility index (Phi) is 6.82. The molecule has 0 fully saturated rings. The molecule has 0 bridgehead atoms. The first kappa shape index (κ1) is 19.3. The van der Waals surface area contributed by atoms with Crippen LogP contribution in [0.25, 0.3) is 0 Å². The summed E-state index contributed by atoms with van der Waals surface area (Å²) in [6.07, 6.45) is 1.54. The van der Waals surface area contributed by atoms with Crippen molar-refractivity contribution in [2.24, 2.45) is 0 Å². The predicted octanol–water partition coefficient (Wildman–Crippen LogP) is 3.48.